The van der Waals surface area contributed by atoms with Gasteiger partial charge in [0.2, 0.25) is 5.91 Å². The fourth-order valence-corrected chi connectivity index (χ4v) is 0.720. The van der Waals surface area contributed by atoms with E-state index in [1.54, 1.807) is 19.2 Å². The van der Waals surface area contributed by atoms with Crippen molar-refractivity contribution in [2.24, 2.45) is 5.73 Å². The summed E-state index contributed by atoms with van der Waals surface area (Å²) in [4.78, 5) is 18.6. The maximum atomic E-state index is 10.8. The van der Waals surface area contributed by atoms with Crippen LogP contribution in [0.25, 0.3) is 0 Å². The molecule has 0 aliphatic heterocycles. The summed E-state index contributed by atoms with van der Waals surface area (Å²) in [5.41, 5.74) is 5.10. The van der Waals surface area contributed by atoms with Gasteiger partial charge in [0.15, 0.2) is 0 Å². The van der Waals surface area contributed by atoms with Crippen LogP contribution in [0, 0.1) is 6.92 Å². The molecule has 1 heterocycles. The molecule has 1 aromatic rings. The van der Waals surface area contributed by atoms with Gasteiger partial charge in [0.1, 0.15) is 11.6 Å². The van der Waals surface area contributed by atoms with Gasteiger partial charge in [0.25, 0.3) is 0 Å². The lowest BCUT2D eigenvalue weighted by molar-refractivity contribution is -0.114. The SMILES string of the molecule is Cc1nccc(NC(=O)CN)n1. The molecule has 0 saturated carbocycles. The van der Waals surface area contributed by atoms with Gasteiger partial charge in [-0.05, 0) is 13.0 Å². The van der Waals surface area contributed by atoms with Crippen molar-refractivity contribution in [3.8, 4) is 0 Å². The summed E-state index contributed by atoms with van der Waals surface area (Å²) in [6.45, 7) is 1.71. The van der Waals surface area contributed by atoms with Crippen molar-refractivity contribution >= 4 is 11.7 Å². The van der Waals surface area contributed by atoms with Crippen molar-refractivity contribution in [3.63, 3.8) is 0 Å². The molecule has 0 aromatic carbocycles. The van der Waals surface area contributed by atoms with Crippen LogP contribution >= 0.6 is 0 Å². The first-order valence-corrected chi connectivity index (χ1v) is 3.52. The minimum atomic E-state index is -0.256. The fraction of sp³-hybridized carbons (Fsp3) is 0.286. The van der Waals surface area contributed by atoms with Crippen LogP contribution < -0.4 is 11.1 Å². The summed E-state index contributed by atoms with van der Waals surface area (Å²) in [5, 5.41) is 2.52. The number of carbonyl (C=O) groups is 1. The van der Waals surface area contributed by atoms with E-state index in [0.29, 0.717) is 11.6 Å². The van der Waals surface area contributed by atoms with Gasteiger partial charge >= 0.3 is 0 Å². The van der Waals surface area contributed by atoms with E-state index in [9.17, 15) is 4.79 Å². The van der Waals surface area contributed by atoms with Crippen molar-refractivity contribution in [3.05, 3.63) is 18.1 Å². The molecule has 0 aliphatic rings. The van der Waals surface area contributed by atoms with E-state index in [2.05, 4.69) is 15.3 Å². The molecule has 0 bridgehead atoms. The average molecular weight is 166 g/mol. The van der Waals surface area contributed by atoms with Crippen LogP contribution in [0.4, 0.5) is 5.82 Å². The lowest BCUT2D eigenvalue weighted by atomic mass is 10.5. The van der Waals surface area contributed by atoms with Crippen molar-refractivity contribution in [1.82, 2.24) is 9.97 Å². The number of nitrogens with two attached hydrogens (primary N) is 1. The standard InChI is InChI=1S/C7H10N4O/c1-5-9-3-2-6(10-5)11-7(12)4-8/h2-3H,4,8H2,1H3,(H,9,10,11,12). The van der Waals surface area contributed by atoms with E-state index in [4.69, 9.17) is 5.73 Å². The van der Waals surface area contributed by atoms with Crippen molar-refractivity contribution in [2.75, 3.05) is 11.9 Å². The molecule has 0 saturated heterocycles. The van der Waals surface area contributed by atoms with Crippen LogP contribution in [0.2, 0.25) is 0 Å². The van der Waals surface area contributed by atoms with Gasteiger partial charge in [-0.15, -0.1) is 0 Å². The quantitative estimate of drug-likeness (QED) is 0.631. The molecule has 0 spiro atoms. The fourth-order valence-electron chi connectivity index (χ4n) is 0.720. The molecule has 0 radical (unpaired) electrons. The highest BCUT2D eigenvalue weighted by atomic mass is 16.1. The Morgan fingerprint density at radius 2 is 2.50 bits per heavy atom. The van der Waals surface area contributed by atoms with Gasteiger partial charge in [-0.1, -0.05) is 0 Å². The monoisotopic (exact) mass is 166 g/mol. The first-order valence-electron chi connectivity index (χ1n) is 3.52. The summed E-state index contributed by atoms with van der Waals surface area (Å²) in [6.07, 6.45) is 1.58. The summed E-state index contributed by atoms with van der Waals surface area (Å²) in [6, 6.07) is 1.61. The van der Waals surface area contributed by atoms with Gasteiger partial charge in [-0.25, -0.2) is 9.97 Å². The third-order valence-corrected chi connectivity index (χ3v) is 1.23. The Bertz CT molecular complexity index is 286. The molecule has 1 rings (SSSR count). The Kier molecular flexibility index (Phi) is 2.71. The number of carbonyl (C=O) groups excluding carboxylic acids is 1. The highest BCUT2D eigenvalue weighted by Gasteiger charge is 1.99. The molecular weight excluding hydrogens is 156 g/mol. The van der Waals surface area contributed by atoms with Crippen LogP contribution in [-0.2, 0) is 4.79 Å². The molecule has 12 heavy (non-hydrogen) atoms. The van der Waals surface area contributed by atoms with E-state index < -0.39 is 0 Å². The normalized spacial score (nSPS) is 9.50. The Labute approximate surface area is 70.0 Å². The number of nitrogens with zero attached hydrogens (tertiary/aromatic N) is 2. The maximum Gasteiger partial charge on any atom is 0.239 e. The first kappa shape index (κ1) is 8.61. The molecule has 3 N–H and O–H groups in total. The van der Waals surface area contributed by atoms with Crippen LogP contribution in [0.3, 0.4) is 0 Å². The molecule has 5 heteroatoms. The van der Waals surface area contributed by atoms with Gasteiger partial charge < -0.3 is 11.1 Å². The molecule has 1 aromatic heterocycles. The second-order valence-electron chi connectivity index (χ2n) is 2.24. The Balaban J connectivity index is 2.69. The smallest absolute Gasteiger partial charge is 0.239 e. The molecule has 64 valence electrons. The number of anilines is 1. The molecule has 0 fully saturated rings. The predicted octanol–water partition coefficient (Wildman–Crippen LogP) is -0.318. The Hall–Kier alpha value is -1.49. The number of hydrogen-bond acceptors (Lipinski definition) is 4. The third kappa shape index (κ3) is 2.28. The van der Waals surface area contributed by atoms with Gasteiger partial charge in [0, 0.05) is 6.20 Å². The minimum absolute atomic E-state index is 0.0386. The molecular formula is C7H10N4O. The van der Waals surface area contributed by atoms with Crippen LogP contribution in [0.1, 0.15) is 5.82 Å². The zero-order valence-corrected chi connectivity index (χ0v) is 6.74. The summed E-state index contributed by atoms with van der Waals surface area (Å²) in [7, 11) is 0. The second kappa shape index (κ2) is 3.77. The lowest BCUT2D eigenvalue weighted by Crippen LogP contribution is -2.22. The van der Waals surface area contributed by atoms with Gasteiger partial charge in [-0.2, -0.15) is 0 Å². The largest absolute Gasteiger partial charge is 0.322 e. The number of aryl methyl sites for hydroxylation is 1. The van der Waals surface area contributed by atoms with E-state index in [0.717, 1.165) is 0 Å². The first-order chi connectivity index (χ1) is 5.72. The third-order valence-electron chi connectivity index (χ3n) is 1.23. The van der Waals surface area contributed by atoms with Crippen molar-refractivity contribution < 1.29 is 4.79 Å². The predicted molar refractivity (Wildman–Crippen MR) is 44.5 cm³/mol. The van der Waals surface area contributed by atoms with Crippen LogP contribution in [0.5, 0.6) is 0 Å². The Morgan fingerprint density at radius 1 is 1.75 bits per heavy atom. The van der Waals surface area contributed by atoms with Gasteiger partial charge in [0.05, 0.1) is 6.54 Å². The molecule has 0 aliphatic carbocycles. The average Bonchev–Trinajstić information content (AvgIpc) is 2.04. The van der Waals surface area contributed by atoms with Crippen LogP contribution in [0.15, 0.2) is 12.3 Å². The highest BCUT2D eigenvalue weighted by Crippen LogP contribution is 1.99. The van der Waals surface area contributed by atoms with E-state index in [-0.39, 0.29) is 12.5 Å². The number of rotatable bonds is 2. The minimum Gasteiger partial charge on any atom is -0.322 e. The summed E-state index contributed by atoms with van der Waals surface area (Å²) in [5.74, 6) is 0.843. The number of amides is 1. The molecule has 0 unspecified atom stereocenters. The van der Waals surface area contributed by atoms with E-state index >= 15 is 0 Å². The summed E-state index contributed by atoms with van der Waals surface area (Å²) < 4.78 is 0. The molecule has 5 nitrogen and oxygen atoms in total. The van der Waals surface area contributed by atoms with Crippen molar-refractivity contribution in [1.29, 1.82) is 0 Å². The van der Waals surface area contributed by atoms with Gasteiger partial charge in [-0.3, -0.25) is 4.79 Å². The topological polar surface area (TPSA) is 80.9 Å². The number of aromatic nitrogens is 2. The number of nitrogens with one attached hydrogen (secondary N) is 1. The number of hydrogen-bond donors (Lipinski definition) is 2. The summed E-state index contributed by atoms with van der Waals surface area (Å²) >= 11 is 0. The highest BCUT2D eigenvalue weighted by molar-refractivity contribution is 5.91. The maximum absolute atomic E-state index is 10.8. The second-order valence-corrected chi connectivity index (χ2v) is 2.24. The zero-order valence-electron chi connectivity index (χ0n) is 6.74. The van der Waals surface area contributed by atoms with E-state index in [1.807, 2.05) is 0 Å². The molecule has 1 amide bonds. The van der Waals surface area contributed by atoms with Crippen molar-refractivity contribution in [2.45, 2.75) is 6.92 Å². The molecule has 0 atom stereocenters. The van der Waals surface area contributed by atoms with Crippen LogP contribution in [-0.4, -0.2) is 22.4 Å². The Morgan fingerprint density at radius 3 is 3.08 bits per heavy atom. The zero-order chi connectivity index (χ0) is 8.97. The lowest BCUT2D eigenvalue weighted by Gasteiger charge is -2.01. The van der Waals surface area contributed by atoms with E-state index in [1.165, 1.54) is 0 Å².